The molecule has 1 aromatic heterocycles. The van der Waals surface area contributed by atoms with Gasteiger partial charge in [0.1, 0.15) is 12.4 Å². The summed E-state index contributed by atoms with van der Waals surface area (Å²) in [5, 5.41) is 2.13. The molecule has 2 aliphatic heterocycles. The highest BCUT2D eigenvalue weighted by atomic mass is 35.5. The Balaban J connectivity index is 1.32. The monoisotopic (exact) mass is 417 g/mol. The van der Waals surface area contributed by atoms with Gasteiger partial charge in [0.05, 0.1) is 10.8 Å². The number of fused-ring (bicyclic) bond motifs is 1. The first kappa shape index (κ1) is 19.6. The van der Waals surface area contributed by atoms with Gasteiger partial charge in [-0.05, 0) is 38.1 Å². The van der Waals surface area contributed by atoms with Crippen molar-refractivity contribution in [3.05, 3.63) is 46.8 Å². The fourth-order valence-corrected chi connectivity index (χ4v) is 4.93. The van der Waals surface area contributed by atoms with Crippen LogP contribution in [-0.4, -0.2) is 59.6 Å². The van der Waals surface area contributed by atoms with E-state index in [1.54, 1.807) is 0 Å². The smallest absolute Gasteiger partial charge is 0.219 e. The van der Waals surface area contributed by atoms with Crippen LogP contribution in [0.2, 0.25) is 5.02 Å². The third-order valence-corrected chi connectivity index (χ3v) is 6.71. The molecule has 0 amide bonds. The molecule has 1 atom stereocenters. The fraction of sp³-hybridized carbons (Fsp3) is 0.429. The number of carbonyl (C=O) groups excluding carboxylic acids is 1. The van der Waals surface area contributed by atoms with E-state index in [4.69, 9.17) is 16.3 Å². The van der Waals surface area contributed by atoms with E-state index in [1.807, 2.05) is 32.2 Å². The molecule has 0 bridgehead atoms. The van der Waals surface area contributed by atoms with Gasteiger partial charge in [0.15, 0.2) is 0 Å². The van der Waals surface area contributed by atoms with Gasteiger partial charge in [0.25, 0.3) is 0 Å². The van der Waals surface area contributed by atoms with Crippen molar-refractivity contribution < 1.29 is 9.53 Å². The summed E-state index contributed by atoms with van der Waals surface area (Å²) >= 11 is 7.45. The molecular formula is C21H24ClN3O2S. The van der Waals surface area contributed by atoms with Crippen molar-refractivity contribution in [2.24, 2.45) is 0 Å². The average Bonchev–Trinajstić information content (AvgIpc) is 2.94. The molecule has 4 rings (SSSR count). The molecule has 3 heterocycles. The lowest BCUT2D eigenvalue weighted by Gasteiger charge is -2.36. The number of benzene rings is 1. The van der Waals surface area contributed by atoms with E-state index in [-0.39, 0.29) is 10.4 Å². The topological polar surface area (TPSA) is 45.7 Å². The molecule has 0 aliphatic carbocycles. The van der Waals surface area contributed by atoms with Crippen LogP contribution >= 0.6 is 23.4 Å². The average molecular weight is 418 g/mol. The summed E-state index contributed by atoms with van der Waals surface area (Å²) in [7, 11) is 0. The van der Waals surface area contributed by atoms with Gasteiger partial charge in [-0.15, -0.1) is 0 Å². The highest BCUT2D eigenvalue weighted by molar-refractivity contribution is 8.15. The maximum Gasteiger partial charge on any atom is 0.219 e. The van der Waals surface area contributed by atoms with E-state index in [1.165, 1.54) is 17.4 Å². The van der Waals surface area contributed by atoms with Crippen LogP contribution in [0.25, 0.3) is 10.9 Å². The Labute approximate surface area is 174 Å². The van der Waals surface area contributed by atoms with Crippen molar-refractivity contribution in [1.29, 1.82) is 0 Å². The Morgan fingerprint density at radius 3 is 2.75 bits per heavy atom. The summed E-state index contributed by atoms with van der Waals surface area (Å²) < 4.78 is 5.94. The lowest BCUT2D eigenvalue weighted by atomic mass is 10.1. The van der Waals surface area contributed by atoms with Crippen LogP contribution in [0.3, 0.4) is 0 Å². The predicted molar refractivity (Wildman–Crippen MR) is 116 cm³/mol. The van der Waals surface area contributed by atoms with Crippen molar-refractivity contribution in [3.8, 4) is 0 Å². The fourth-order valence-electron chi connectivity index (χ4n) is 3.81. The molecule has 5 nitrogen and oxygen atoms in total. The minimum absolute atomic E-state index is 0.137. The second-order valence-electron chi connectivity index (χ2n) is 7.21. The molecule has 1 fully saturated rings. The molecule has 148 valence electrons. The van der Waals surface area contributed by atoms with Crippen LogP contribution in [0, 0.1) is 0 Å². The van der Waals surface area contributed by atoms with Crippen molar-refractivity contribution in [2.45, 2.75) is 19.1 Å². The number of hydrogen-bond donors (Lipinski definition) is 0. The number of aromatic nitrogens is 1. The third-order valence-electron chi connectivity index (χ3n) is 5.39. The standard InChI is InChI=1S/C21H24ClN3O2S/c1-14-20(15(2)28-21(14)26)27-12-11-24-7-9-25(10-8-24)19-5-6-23-18-13-16(22)3-4-17(18)19/h3-6,13,15H,7-12H2,1-2H3. The van der Waals surface area contributed by atoms with Gasteiger partial charge in [-0.1, -0.05) is 23.4 Å². The molecule has 28 heavy (non-hydrogen) atoms. The van der Waals surface area contributed by atoms with Gasteiger partial charge in [0, 0.05) is 60.6 Å². The first-order valence-corrected chi connectivity index (χ1v) is 10.8. The quantitative estimate of drug-likeness (QED) is 0.733. The zero-order valence-electron chi connectivity index (χ0n) is 16.2. The van der Waals surface area contributed by atoms with Crippen molar-refractivity contribution in [2.75, 3.05) is 44.2 Å². The lowest BCUT2D eigenvalue weighted by Crippen LogP contribution is -2.47. The molecule has 0 radical (unpaired) electrons. The van der Waals surface area contributed by atoms with E-state index in [0.717, 1.165) is 55.0 Å². The summed E-state index contributed by atoms with van der Waals surface area (Å²) in [5.41, 5.74) is 2.92. The molecule has 2 aliphatic rings. The number of thioether (sulfide) groups is 1. The molecular weight excluding hydrogens is 394 g/mol. The van der Waals surface area contributed by atoms with Crippen molar-refractivity contribution in [3.63, 3.8) is 0 Å². The van der Waals surface area contributed by atoms with Crippen molar-refractivity contribution >= 4 is 45.1 Å². The van der Waals surface area contributed by atoms with Gasteiger partial charge in [0.2, 0.25) is 5.12 Å². The SMILES string of the molecule is CC1=C(OCCN2CCN(c3ccnc4cc(Cl)ccc34)CC2)C(C)SC1=O. The summed E-state index contributed by atoms with van der Waals surface area (Å²) in [6.45, 7) is 9.30. The van der Waals surface area contributed by atoms with E-state index in [9.17, 15) is 4.79 Å². The molecule has 2 aromatic rings. The van der Waals surface area contributed by atoms with E-state index in [2.05, 4.69) is 26.9 Å². The number of carbonyl (C=O) groups is 1. The number of pyridine rings is 1. The van der Waals surface area contributed by atoms with Crippen LogP contribution in [0.5, 0.6) is 0 Å². The van der Waals surface area contributed by atoms with E-state index >= 15 is 0 Å². The normalized spacial score (nSPS) is 21.0. The summed E-state index contributed by atoms with van der Waals surface area (Å²) in [4.78, 5) is 21.0. The Morgan fingerprint density at radius 1 is 1.25 bits per heavy atom. The van der Waals surface area contributed by atoms with Gasteiger partial charge in [-0.2, -0.15) is 0 Å². The minimum Gasteiger partial charge on any atom is -0.495 e. The van der Waals surface area contributed by atoms with Gasteiger partial charge < -0.3 is 9.64 Å². The lowest BCUT2D eigenvalue weighted by molar-refractivity contribution is -0.107. The molecule has 0 N–H and O–H groups in total. The first-order valence-electron chi connectivity index (χ1n) is 9.59. The van der Waals surface area contributed by atoms with Crippen LogP contribution in [0.1, 0.15) is 13.8 Å². The van der Waals surface area contributed by atoms with Crippen LogP contribution in [0.4, 0.5) is 5.69 Å². The number of anilines is 1. The molecule has 1 unspecified atom stereocenters. The minimum atomic E-state index is 0.137. The van der Waals surface area contributed by atoms with Crippen LogP contribution in [-0.2, 0) is 9.53 Å². The van der Waals surface area contributed by atoms with E-state index < -0.39 is 0 Å². The van der Waals surface area contributed by atoms with Crippen LogP contribution in [0.15, 0.2) is 41.8 Å². The number of halogens is 1. The number of rotatable bonds is 5. The molecule has 1 saturated heterocycles. The Morgan fingerprint density at radius 2 is 2.04 bits per heavy atom. The maximum atomic E-state index is 11.7. The van der Waals surface area contributed by atoms with Crippen molar-refractivity contribution in [1.82, 2.24) is 9.88 Å². The van der Waals surface area contributed by atoms with E-state index in [0.29, 0.717) is 11.6 Å². The zero-order valence-corrected chi connectivity index (χ0v) is 17.7. The summed E-state index contributed by atoms with van der Waals surface area (Å²) in [6.07, 6.45) is 1.85. The van der Waals surface area contributed by atoms with Crippen LogP contribution < -0.4 is 4.90 Å². The second kappa shape index (κ2) is 8.31. The first-order chi connectivity index (χ1) is 13.5. The summed E-state index contributed by atoms with van der Waals surface area (Å²) in [5.74, 6) is 0.857. The summed E-state index contributed by atoms with van der Waals surface area (Å²) in [6, 6.07) is 7.98. The Bertz CT molecular complexity index is 925. The highest BCUT2D eigenvalue weighted by Gasteiger charge is 2.29. The molecule has 7 heteroatoms. The third kappa shape index (κ3) is 4.00. The zero-order chi connectivity index (χ0) is 19.7. The van der Waals surface area contributed by atoms with Gasteiger partial charge in [-0.25, -0.2) is 0 Å². The predicted octanol–water partition coefficient (Wildman–Crippen LogP) is 3.96. The molecule has 1 aromatic carbocycles. The highest BCUT2D eigenvalue weighted by Crippen LogP contribution is 2.34. The van der Waals surface area contributed by atoms with Gasteiger partial charge in [-0.3, -0.25) is 14.7 Å². The Kier molecular flexibility index (Phi) is 5.80. The number of ether oxygens (including phenoxy) is 1. The number of nitrogens with zero attached hydrogens (tertiary/aromatic N) is 3. The van der Waals surface area contributed by atoms with Gasteiger partial charge >= 0.3 is 0 Å². The maximum absolute atomic E-state index is 11.7. The Hall–Kier alpha value is -1.76. The number of hydrogen-bond acceptors (Lipinski definition) is 6. The second-order valence-corrected chi connectivity index (χ2v) is 8.96. The number of piperazine rings is 1. The largest absolute Gasteiger partial charge is 0.495 e. The molecule has 0 saturated carbocycles. The molecule has 0 spiro atoms.